The van der Waals surface area contributed by atoms with E-state index in [1.165, 1.54) is 0 Å². The lowest BCUT2D eigenvalue weighted by Gasteiger charge is -2.26. The number of benzene rings is 1. The summed E-state index contributed by atoms with van der Waals surface area (Å²) in [6.45, 7) is 1.88. The van der Waals surface area contributed by atoms with Crippen molar-refractivity contribution >= 4 is 0 Å². The van der Waals surface area contributed by atoms with Crippen molar-refractivity contribution in [3.05, 3.63) is 35.1 Å². The number of ether oxygens (including phenoxy) is 1. The second-order valence-electron chi connectivity index (χ2n) is 5.24. The minimum absolute atomic E-state index is 0.0601. The standard InChI is InChI=1S/C14H18F3NO2/c15-11-6-13(17)12(16)5-10(11)7-18-8-14(1-3-19)2-4-20-9-14/h5-6,18-19H,1-4,7-9H2. The summed E-state index contributed by atoms with van der Waals surface area (Å²) in [6.07, 6.45) is 1.42. The number of hydrogen-bond donors (Lipinski definition) is 2. The zero-order valence-electron chi connectivity index (χ0n) is 11.1. The van der Waals surface area contributed by atoms with Crippen molar-refractivity contribution in [1.82, 2.24) is 5.32 Å². The molecule has 1 aliphatic rings. The summed E-state index contributed by atoms with van der Waals surface area (Å²) in [4.78, 5) is 0. The molecule has 0 bridgehead atoms. The smallest absolute Gasteiger partial charge is 0.161 e. The van der Waals surface area contributed by atoms with Crippen molar-refractivity contribution in [3.8, 4) is 0 Å². The third-order valence-electron chi connectivity index (χ3n) is 3.73. The van der Waals surface area contributed by atoms with Gasteiger partial charge in [0.15, 0.2) is 11.6 Å². The second kappa shape index (κ2) is 6.56. The first kappa shape index (κ1) is 15.3. The van der Waals surface area contributed by atoms with Crippen LogP contribution in [0.3, 0.4) is 0 Å². The molecule has 0 saturated carbocycles. The van der Waals surface area contributed by atoms with E-state index >= 15 is 0 Å². The van der Waals surface area contributed by atoms with Gasteiger partial charge in [0.05, 0.1) is 6.61 Å². The van der Waals surface area contributed by atoms with Crippen molar-refractivity contribution in [2.45, 2.75) is 19.4 Å². The highest BCUT2D eigenvalue weighted by molar-refractivity contribution is 5.19. The average Bonchev–Trinajstić information content (AvgIpc) is 2.85. The summed E-state index contributed by atoms with van der Waals surface area (Å²) in [7, 11) is 0. The Balaban J connectivity index is 1.93. The van der Waals surface area contributed by atoms with E-state index in [-0.39, 0.29) is 24.1 Å². The molecule has 0 spiro atoms. The van der Waals surface area contributed by atoms with Crippen LogP contribution < -0.4 is 5.32 Å². The van der Waals surface area contributed by atoms with Crippen molar-refractivity contribution < 1.29 is 23.0 Å². The summed E-state index contributed by atoms with van der Waals surface area (Å²) in [5, 5.41) is 12.1. The molecule has 1 heterocycles. The number of rotatable bonds is 6. The van der Waals surface area contributed by atoms with Gasteiger partial charge in [-0.05, 0) is 18.9 Å². The summed E-state index contributed by atoms with van der Waals surface area (Å²) in [6, 6.07) is 1.41. The van der Waals surface area contributed by atoms with E-state index in [0.29, 0.717) is 32.2 Å². The van der Waals surface area contributed by atoms with Gasteiger partial charge in [0, 0.05) is 43.3 Å². The van der Waals surface area contributed by atoms with E-state index in [4.69, 9.17) is 9.84 Å². The topological polar surface area (TPSA) is 41.5 Å². The molecule has 2 rings (SSSR count). The minimum atomic E-state index is -1.19. The van der Waals surface area contributed by atoms with Crippen LogP contribution in [0.1, 0.15) is 18.4 Å². The maximum Gasteiger partial charge on any atom is 0.161 e. The normalized spacial score (nSPS) is 22.4. The first-order valence-corrected chi connectivity index (χ1v) is 6.59. The van der Waals surface area contributed by atoms with E-state index in [1.807, 2.05) is 0 Å². The van der Waals surface area contributed by atoms with Crippen LogP contribution in [0.2, 0.25) is 0 Å². The van der Waals surface area contributed by atoms with Crippen LogP contribution in [-0.2, 0) is 11.3 Å². The first-order valence-electron chi connectivity index (χ1n) is 6.59. The molecule has 0 amide bonds. The van der Waals surface area contributed by atoms with Crippen molar-refractivity contribution in [2.24, 2.45) is 5.41 Å². The zero-order chi connectivity index (χ0) is 14.6. The van der Waals surface area contributed by atoms with E-state index in [0.717, 1.165) is 12.5 Å². The van der Waals surface area contributed by atoms with Crippen LogP contribution in [-0.4, -0.2) is 31.5 Å². The van der Waals surface area contributed by atoms with E-state index in [2.05, 4.69) is 5.32 Å². The molecule has 3 nitrogen and oxygen atoms in total. The highest BCUT2D eigenvalue weighted by Gasteiger charge is 2.33. The van der Waals surface area contributed by atoms with Crippen LogP contribution in [0.5, 0.6) is 0 Å². The van der Waals surface area contributed by atoms with E-state index in [1.54, 1.807) is 0 Å². The molecule has 6 heteroatoms. The van der Waals surface area contributed by atoms with Crippen LogP contribution in [0, 0.1) is 22.9 Å². The Morgan fingerprint density at radius 1 is 1.20 bits per heavy atom. The van der Waals surface area contributed by atoms with Crippen LogP contribution in [0.25, 0.3) is 0 Å². The molecule has 1 aromatic carbocycles. The molecular formula is C14H18F3NO2. The van der Waals surface area contributed by atoms with Crippen LogP contribution >= 0.6 is 0 Å². The molecule has 1 saturated heterocycles. The van der Waals surface area contributed by atoms with E-state index in [9.17, 15) is 13.2 Å². The SMILES string of the molecule is OCCC1(CNCc2cc(F)c(F)cc2F)CCOC1. The molecule has 0 radical (unpaired) electrons. The molecule has 2 N–H and O–H groups in total. The Hall–Kier alpha value is -1.11. The first-order chi connectivity index (χ1) is 9.56. The molecule has 0 aromatic heterocycles. The second-order valence-corrected chi connectivity index (χ2v) is 5.24. The van der Waals surface area contributed by atoms with Gasteiger partial charge in [0.25, 0.3) is 0 Å². The monoisotopic (exact) mass is 289 g/mol. The van der Waals surface area contributed by atoms with Gasteiger partial charge in [-0.3, -0.25) is 0 Å². The van der Waals surface area contributed by atoms with Gasteiger partial charge in [-0.2, -0.15) is 0 Å². The van der Waals surface area contributed by atoms with Gasteiger partial charge >= 0.3 is 0 Å². The average molecular weight is 289 g/mol. The van der Waals surface area contributed by atoms with Crippen molar-refractivity contribution in [3.63, 3.8) is 0 Å². The largest absolute Gasteiger partial charge is 0.396 e. The predicted molar refractivity (Wildman–Crippen MR) is 67.6 cm³/mol. The van der Waals surface area contributed by atoms with Crippen LogP contribution in [0.4, 0.5) is 13.2 Å². The fourth-order valence-corrected chi connectivity index (χ4v) is 2.47. The lowest BCUT2D eigenvalue weighted by atomic mass is 9.84. The predicted octanol–water partition coefficient (Wildman–Crippen LogP) is 1.98. The third kappa shape index (κ3) is 3.50. The van der Waals surface area contributed by atoms with Crippen molar-refractivity contribution in [2.75, 3.05) is 26.4 Å². The lowest BCUT2D eigenvalue weighted by Crippen LogP contribution is -2.35. The highest BCUT2D eigenvalue weighted by atomic mass is 19.2. The molecule has 1 fully saturated rings. The molecule has 1 atom stereocenters. The summed E-state index contributed by atoms with van der Waals surface area (Å²) >= 11 is 0. The molecular weight excluding hydrogens is 271 g/mol. The Kier molecular flexibility index (Phi) is 5.01. The number of nitrogens with one attached hydrogen (secondary N) is 1. The van der Waals surface area contributed by atoms with Crippen LogP contribution in [0.15, 0.2) is 12.1 Å². The molecule has 20 heavy (non-hydrogen) atoms. The number of aliphatic hydroxyl groups is 1. The maximum atomic E-state index is 13.5. The van der Waals surface area contributed by atoms with Gasteiger partial charge in [-0.15, -0.1) is 0 Å². The van der Waals surface area contributed by atoms with Gasteiger partial charge in [-0.1, -0.05) is 0 Å². The maximum absolute atomic E-state index is 13.5. The Morgan fingerprint density at radius 2 is 1.95 bits per heavy atom. The summed E-state index contributed by atoms with van der Waals surface area (Å²) in [5.74, 6) is -3.01. The Labute approximate surface area is 115 Å². The summed E-state index contributed by atoms with van der Waals surface area (Å²) in [5.41, 5.74) is -0.0777. The minimum Gasteiger partial charge on any atom is -0.396 e. The number of hydrogen-bond acceptors (Lipinski definition) is 3. The Morgan fingerprint density at radius 3 is 2.60 bits per heavy atom. The van der Waals surface area contributed by atoms with Gasteiger partial charge in [0.2, 0.25) is 0 Å². The number of halogens is 3. The molecule has 0 aliphatic carbocycles. The third-order valence-corrected chi connectivity index (χ3v) is 3.73. The van der Waals surface area contributed by atoms with E-state index < -0.39 is 17.5 Å². The molecule has 1 aromatic rings. The quantitative estimate of drug-likeness (QED) is 0.787. The van der Waals surface area contributed by atoms with Crippen molar-refractivity contribution in [1.29, 1.82) is 0 Å². The fourth-order valence-electron chi connectivity index (χ4n) is 2.47. The molecule has 1 unspecified atom stereocenters. The summed E-state index contributed by atoms with van der Waals surface area (Å²) < 4.78 is 44.7. The fraction of sp³-hybridized carbons (Fsp3) is 0.571. The molecule has 112 valence electrons. The Bertz CT molecular complexity index is 462. The molecule has 1 aliphatic heterocycles. The zero-order valence-corrected chi connectivity index (χ0v) is 11.1. The number of aliphatic hydroxyl groups excluding tert-OH is 1. The van der Waals surface area contributed by atoms with Gasteiger partial charge in [0.1, 0.15) is 5.82 Å². The lowest BCUT2D eigenvalue weighted by molar-refractivity contribution is 0.124. The van der Waals surface area contributed by atoms with Gasteiger partial charge in [-0.25, -0.2) is 13.2 Å². The van der Waals surface area contributed by atoms with Gasteiger partial charge < -0.3 is 15.2 Å². The highest BCUT2D eigenvalue weighted by Crippen LogP contribution is 2.31.